The molecule has 0 aliphatic carbocycles. The molecule has 0 aromatic heterocycles. The first-order valence-corrected chi connectivity index (χ1v) is 4.01. The fraction of sp³-hybridized carbons (Fsp3) is 0.875. The van der Waals surface area contributed by atoms with E-state index < -0.39 is 0 Å². The molecule has 0 aliphatic rings. The molecule has 1 unspecified atom stereocenters. The Morgan fingerprint density at radius 2 is 2.08 bits per heavy atom. The van der Waals surface area contributed by atoms with Gasteiger partial charge in [0.2, 0.25) is 0 Å². The molecular formula is C8H17NO3. The summed E-state index contributed by atoms with van der Waals surface area (Å²) in [6, 6.07) is 0. The van der Waals surface area contributed by atoms with Crippen molar-refractivity contribution in [3.63, 3.8) is 0 Å². The Hall–Kier alpha value is -0.610. The molecule has 0 fully saturated rings. The Balaban J connectivity index is 3.94. The van der Waals surface area contributed by atoms with Gasteiger partial charge in [0.05, 0.1) is 19.6 Å². The summed E-state index contributed by atoms with van der Waals surface area (Å²) >= 11 is 0. The van der Waals surface area contributed by atoms with E-state index in [-0.39, 0.29) is 18.5 Å². The quantitative estimate of drug-likeness (QED) is 0.494. The van der Waals surface area contributed by atoms with Crippen molar-refractivity contribution in [1.82, 2.24) is 0 Å². The molecule has 0 spiro atoms. The summed E-state index contributed by atoms with van der Waals surface area (Å²) in [6.45, 7) is 4.30. The number of hydrogen-bond donors (Lipinski definition) is 1. The molecule has 0 aromatic rings. The van der Waals surface area contributed by atoms with Crippen molar-refractivity contribution >= 4 is 5.97 Å². The van der Waals surface area contributed by atoms with Gasteiger partial charge in [0.15, 0.2) is 0 Å². The molecule has 0 radical (unpaired) electrons. The number of rotatable bonds is 5. The third-order valence-electron chi connectivity index (χ3n) is 1.59. The molecule has 0 amide bonds. The van der Waals surface area contributed by atoms with Gasteiger partial charge in [0, 0.05) is 0 Å². The standard InChI is InChI=1S/C8H17NO3/c1-6(2)4-7(5-12-9)8(10)11-3/h6-7H,4-5,9H2,1-3H3. The molecule has 4 nitrogen and oxygen atoms in total. The molecule has 0 bridgehead atoms. The lowest BCUT2D eigenvalue weighted by Gasteiger charge is -2.14. The second kappa shape index (κ2) is 5.97. The zero-order chi connectivity index (χ0) is 9.56. The van der Waals surface area contributed by atoms with Crippen LogP contribution < -0.4 is 5.90 Å². The summed E-state index contributed by atoms with van der Waals surface area (Å²) in [4.78, 5) is 15.5. The summed E-state index contributed by atoms with van der Waals surface area (Å²) in [5.74, 6) is 4.83. The molecule has 1 atom stereocenters. The van der Waals surface area contributed by atoms with Crippen LogP contribution in [-0.2, 0) is 14.4 Å². The Kier molecular flexibility index (Phi) is 5.66. The Bertz CT molecular complexity index is 136. The van der Waals surface area contributed by atoms with Crippen LogP contribution in [0.15, 0.2) is 0 Å². The average molecular weight is 175 g/mol. The second-order valence-electron chi connectivity index (χ2n) is 3.18. The van der Waals surface area contributed by atoms with E-state index >= 15 is 0 Å². The van der Waals surface area contributed by atoms with Crippen molar-refractivity contribution in [2.75, 3.05) is 13.7 Å². The van der Waals surface area contributed by atoms with Gasteiger partial charge in [-0.15, -0.1) is 0 Å². The monoisotopic (exact) mass is 175 g/mol. The molecule has 0 saturated heterocycles. The Morgan fingerprint density at radius 3 is 2.42 bits per heavy atom. The molecule has 0 aromatic carbocycles. The first kappa shape index (κ1) is 11.4. The lowest BCUT2D eigenvalue weighted by atomic mass is 9.98. The third kappa shape index (κ3) is 4.31. The Morgan fingerprint density at radius 1 is 1.50 bits per heavy atom. The first-order valence-electron chi connectivity index (χ1n) is 4.01. The van der Waals surface area contributed by atoms with Gasteiger partial charge in [-0.1, -0.05) is 13.8 Å². The minimum atomic E-state index is -0.255. The average Bonchev–Trinajstić information content (AvgIpc) is 2.01. The molecule has 0 aliphatic heterocycles. The summed E-state index contributed by atoms with van der Waals surface area (Å²) in [6.07, 6.45) is 0.740. The van der Waals surface area contributed by atoms with Crippen molar-refractivity contribution in [2.24, 2.45) is 17.7 Å². The largest absolute Gasteiger partial charge is 0.469 e. The second-order valence-corrected chi connectivity index (χ2v) is 3.18. The van der Waals surface area contributed by atoms with Crippen LogP contribution in [-0.4, -0.2) is 19.7 Å². The minimum absolute atomic E-state index is 0.227. The van der Waals surface area contributed by atoms with Crippen LogP contribution in [0.2, 0.25) is 0 Å². The van der Waals surface area contributed by atoms with Crippen molar-refractivity contribution < 1.29 is 14.4 Å². The van der Waals surface area contributed by atoms with Crippen molar-refractivity contribution in [3.05, 3.63) is 0 Å². The minimum Gasteiger partial charge on any atom is -0.469 e. The highest BCUT2D eigenvalue weighted by Gasteiger charge is 2.20. The maximum absolute atomic E-state index is 11.1. The van der Waals surface area contributed by atoms with E-state index in [2.05, 4.69) is 9.57 Å². The topological polar surface area (TPSA) is 61.5 Å². The number of carbonyl (C=O) groups is 1. The van der Waals surface area contributed by atoms with Gasteiger partial charge in [0.25, 0.3) is 0 Å². The van der Waals surface area contributed by atoms with Crippen LogP contribution in [0.5, 0.6) is 0 Å². The summed E-state index contributed by atoms with van der Waals surface area (Å²) in [5.41, 5.74) is 0. The van der Waals surface area contributed by atoms with E-state index in [1.54, 1.807) is 0 Å². The zero-order valence-corrected chi connectivity index (χ0v) is 7.87. The zero-order valence-electron chi connectivity index (χ0n) is 7.87. The first-order chi connectivity index (χ1) is 5.61. The highest BCUT2D eigenvalue weighted by molar-refractivity contribution is 5.72. The fourth-order valence-corrected chi connectivity index (χ4v) is 1.08. The number of ether oxygens (including phenoxy) is 1. The van der Waals surface area contributed by atoms with Gasteiger partial charge in [-0.05, 0) is 12.3 Å². The van der Waals surface area contributed by atoms with E-state index in [4.69, 9.17) is 5.90 Å². The molecule has 0 saturated carbocycles. The van der Waals surface area contributed by atoms with Crippen molar-refractivity contribution in [2.45, 2.75) is 20.3 Å². The van der Waals surface area contributed by atoms with Crippen LogP contribution in [0, 0.1) is 11.8 Å². The van der Waals surface area contributed by atoms with E-state index in [0.29, 0.717) is 5.92 Å². The molecular weight excluding hydrogens is 158 g/mol. The van der Waals surface area contributed by atoms with Gasteiger partial charge < -0.3 is 9.57 Å². The highest BCUT2D eigenvalue weighted by Crippen LogP contribution is 2.12. The van der Waals surface area contributed by atoms with Crippen LogP contribution in [0.25, 0.3) is 0 Å². The predicted molar refractivity (Wildman–Crippen MR) is 45.1 cm³/mol. The molecule has 2 N–H and O–H groups in total. The van der Waals surface area contributed by atoms with Gasteiger partial charge >= 0.3 is 5.97 Å². The highest BCUT2D eigenvalue weighted by atomic mass is 16.6. The summed E-state index contributed by atoms with van der Waals surface area (Å²) in [5, 5.41) is 0. The van der Waals surface area contributed by atoms with Crippen LogP contribution >= 0.6 is 0 Å². The van der Waals surface area contributed by atoms with Crippen LogP contribution in [0.4, 0.5) is 0 Å². The van der Waals surface area contributed by atoms with Crippen LogP contribution in [0.3, 0.4) is 0 Å². The molecule has 0 heterocycles. The number of hydrogen-bond acceptors (Lipinski definition) is 4. The fourth-order valence-electron chi connectivity index (χ4n) is 1.08. The summed E-state index contributed by atoms with van der Waals surface area (Å²) in [7, 11) is 1.37. The molecule has 4 heteroatoms. The van der Waals surface area contributed by atoms with E-state index in [1.807, 2.05) is 13.8 Å². The third-order valence-corrected chi connectivity index (χ3v) is 1.59. The van der Waals surface area contributed by atoms with E-state index in [0.717, 1.165) is 6.42 Å². The van der Waals surface area contributed by atoms with Crippen molar-refractivity contribution in [1.29, 1.82) is 0 Å². The van der Waals surface area contributed by atoms with Gasteiger partial charge in [-0.25, -0.2) is 5.90 Å². The molecule has 12 heavy (non-hydrogen) atoms. The lowest BCUT2D eigenvalue weighted by Crippen LogP contribution is -2.24. The van der Waals surface area contributed by atoms with Gasteiger partial charge in [-0.2, -0.15) is 0 Å². The molecule has 72 valence electrons. The normalized spacial score (nSPS) is 13.1. The van der Waals surface area contributed by atoms with E-state index in [9.17, 15) is 4.79 Å². The summed E-state index contributed by atoms with van der Waals surface area (Å²) < 4.78 is 4.59. The van der Waals surface area contributed by atoms with E-state index in [1.165, 1.54) is 7.11 Å². The van der Waals surface area contributed by atoms with Gasteiger partial charge in [-0.3, -0.25) is 4.79 Å². The smallest absolute Gasteiger partial charge is 0.311 e. The van der Waals surface area contributed by atoms with Gasteiger partial charge in [0.1, 0.15) is 0 Å². The number of carbonyl (C=O) groups excluding carboxylic acids is 1. The number of esters is 1. The predicted octanol–water partition coefficient (Wildman–Crippen LogP) is 0.712. The lowest BCUT2D eigenvalue weighted by molar-refractivity contribution is -0.148. The van der Waals surface area contributed by atoms with Crippen LogP contribution in [0.1, 0.15) is 20.3 Å². The maximum atomic E-state index is 11.1. The number of methoxy groups -OCH3 is 1. The number of nitrogens with two attached hydrogens (primary N) is 1. The maximum Gasteiger partial charge on any atom is 0.311 e. The van der Waals surface area contributed by atoms with Crippen molar-refractivity contribution in [3.8, 4) is 0 Å². The Labute approximate surface area is 73.0 Å². The molecule has 0 rings (SSSR count). The SMILES string of the molecule is COC(=O)C(CON)CC(C)C.